The standard InChI is InChI=1S/C16H21Cl2N3/c1-5-13-16(18)15(21(4)20-13)9-14(19-3)11-7-6-10(2)12(17)8-11/h6-8,14,19H,5,9H2,1-4H3. The van der Waals surface area contributed by atoms with Crippen molar-refractivity contribution < 1.29 is 0 Å². The number of nitrogens with one attached hydrogen (secondary N) is 1. The molecular weight excluding hydrogens is 305 g/mol. The van der Waals surface area contributed by atoms with Crippen molar-refractivity contribution in [2.45, 2.75) is 32.7 Å². The van der Waals surface area contributed by atoms with Crippen LogP contribution in [0.5, 0.6) is 0 Å². The molecular formula is C16H21Cl2N3. The maximum Gasteiger partial charge on any atom is 0.0850 e. The molecule has 114 valence electrons. The molecule has 1 atom stereocenters. The van der Waals surface area contributed by atoms with Crippen molar-refractivity contribution in [1.29, 1.82) is 0 Å². The van der Waals surface area contributed by atoms with Crippen LogP contribution in [0.1, 0.15) is 35.5 Å². The smallest absolute Gasteiger partial charge is 0.0850 e. The molecule has 1 aromatic heterocycles. The van der Waals surface area contributed by atoms with Gasteiger partial charge in [0.15, 0.2) is 0 Å². The number of halogens is 2. The van der Waals surface area contributed by atoms with E-state index in [1.54, 1.807) is 0 Å². The lowest BCUT2D eigenvalue weighted by atomic mass is 10.0. The Kier molecular flexibility index (Phi) is 5.31. The average Bonchev–Trinajstić information content (AvgIpc) is 2.74. The first-order chi connectivity index (χ1) is 9.97. The predicted molar refractivity (Wildman–Crippen MR) is 89.3 cm³/mol. The Morgan fingerprint density at radius 1 is 1.33 bits per heavy atom. The zero-order valence-electron chi connectivity index (χ0n) is 12.9. The first-order valence-electron chi connectivity index (χ1n) is 7.11. The second-order valence-electron chi connectivity index (χ2n) is 5.24. The van der Waals surface area contributed by atoms with Gasteiger partial charge in [-0.2, -0.15) is 5.10 Å². The molecule has 0 bridgehead atoms. The quantitative estimate of drug-likeness (QED) is 0.896. The summed E-state index contributed by atoms with van der Waals surface area (Å²) in [6.45, 7) is 4.07. The van der Waals surface area contributed by atoms with Crippen LogP contribution in [0.3, 0.4) is 0 Å². The molecule has 5 heteroatoms. The van der Waals surface area contributed by atoms with Crippen molar-refractivity contribution >= 4 is 23.2 Å². The third-order valence-corrected chi connectivity index (χ3v) is 4.69. The van der Waals surface area contributed by atoms with Gasteiger partial charge in [-0.25, -0.2) is 0 Å². The fourth-order valence-electron chi connectivity index (χ4n) is 2.45. The Morgan fingerprint density at radius 2 is 2.05 bits per heavy atom. The highest BCUT2D eigenvalue weighted by molar-refractivity contribution is 6.32. The molecule has 0 spiro atoms. The monoisotopic (exact) mass is 325 g/mol. The largest absolute Gasteiger partial charge is 0.313 e. The molecule has 0 aliphatic carbocycles. The first-order valence-corrected chi connectivity index (χ1v) is 7.87. The SMILES string of the molecule is CCc1nn(C)c(CC(NC)c2ccc(C)c(Cl)c2)c1Cl. The van der Waals surface area contributed by atoms with Crippen molar-refractivity contribution in [2.24, 2.45) is 7.05 Å². The van der Waals surface area contributed by atoms with E-state index in [0.717, 1.165) is 45.4 Å². The van der Waals surface area contributed by atoms with Gasteiger partial charge in [0.05, 0.1) is 16.4 Å². The van der Waals surface area contributed by atoms with Crippen LogP contribution >= 0.6 is 23.2 Å². The van der Waals surface area contributed by atoms with Crippen molar-refractivity contribution in [1.82, 2.24) is 15.1 Å². The number of aryl methyl sites for hydroxylation is 3. The van der Waals surface area contributed by atoms with Crippen LogP contribution in [-0.4, -0.2) is 16.8 Å². The van der Waals surface area contributed by atoms with Gasteiger partial charge in [0, 0.05) is 24.5 Å². The van der Waals surface area contributed by atoms with Crippen molar-refractivity contribution in [3.05, 3.63) is 50.8 Å². The van der Waals surface area contributed by atoms with Gasteiger partial charge in [-0.3, -0.25) is 4.68 Å². The summed E-state index contributed by atoms with van der Waals surface area (Å²) in [5.41, 5.74) is 4.24. The summed E-state index contributed by atoms with van der Waals surface area (Å²) < 4.78 is 1.88. The molecule has 0 amide bonds. The van der Waals surface area contributed by atoms with Crippen molar-refractivity contribution in [3.8, 4) is 0 Å². The van der Waals surface area contributed by atoms with E-state index >= 15 is 0 Å². The minimum atomic E-state index is 0.153. The Bertz CT molecular complexity index is 635. The Balaban J connectivity index is 2.31. The van der Waals surface area contributed by atoms with Gasteiger partial charge in [-0.1, -0.05) is 42.3 Å². The molecule has 3 nitrogen and oxygen atoms in total. The van der Waals surface area contributed by atoms with Gasteiger partial charge in [0.1, 0.15) is 0 Å². The summed E-state index contributed by atoms with van der Waals surface area (Å²) in [5.74, 6) is 0. The van der Waals surface area contributed by atoms with Gasteiger partial charge in [-0.05, 0) is 37.6 Å². The molecule has 0 fully saturated rings. The molecule has 2 aromatic rings. The van der Waals surface area contributed by atoms with Crippen LogP contribution in [0.4, 0.5) is 0 Å². The molecule has 0 aliphatic heterocycles. The molecule has 21 heavy (non-hydrogen) atoms. The minimum absolute atomic E-state index is 0.153. The number of aromatic nitrogens is 2. The fraction of sp³-hybridized carbons (Fsp3) is 0.438. The van der Waals surface area contributed by atoms with E-state index in [0.29, 0.717) is 0 Å². The summed E-state index contributed by atoms with van der Waals surface area (Å²) in [4.78, 5) is 0. The van der Waals surface area contributed by atoms with Gasteiger partial charge in [-0.15, -0.1) is 0 Å². The number of likely N-dealkylation sites (N-methyl/N-ethyl adjacent to an activating group) is 1. The van der Waals surface area contributed by atoms with Gasteiger partial charge < -0.3 is 5.32 Å². The predicted octanol–water partition coefficient (Wildman–Crippen LogP) is 4.10. The summed E-state index contributed by atoms with van der Waals surface area (Å²) in [7, 11) is 3.89. The highest BCUT2D eigenvalue weighted by Gasteiger charge is 2.18. The Morgan fingerprint density at radius 3 is 2.57 bits per heavy atom. The molecule has 0 radical (unpaired) electrons. The van der Waals surface area contributed by atoms with E-state index < -0.39 is 0 Å². The normalized spacial score (nSPS) is 12.7. The highest BCUT2D eigenvalue weighted by atomic mass is 35.5. The zero-order valence-corrected chi connectivity index (χ0v) is 14.4. The number of rotatable bonds is 5. The molecule has 0 aliphatic rings. The van der Waals surface area contributed by atoms with Gasteiger partial charge in [0.25, 0.3) is 0 Å². The van der Waals surface area contributed by atoms with E-state index in [-0.39, 0.29) is 6.04 Å². The number of benzene rings is 1. The maximum absolute atomic E-state index is 6.44. The lowest BCUT2D eigenvalue weighted by molar-refractivity contribution is 0.561. The lowest BCUT2D eigenvalue weighted by Gasteiger charge is -2.18. The molecule has 0 saturated heterocycles. The summed E-state index contributed by atoms with van der Waals surface area (Å²) >= 11 is 12.7. The summed E-state index contributed by atoms with van der Waals surface area (Å²) in [6, 6.07) is 6.32. The molecule has 1 unspecified atom stereocenters. The van der Waals surface area contributed by atoms with Crippen LogP contribution < -0.4 is 5.32 Å². The van der Waals surface area contributed by atoms with Crippen LogP contribution in [0.25, 0.3) is 0 Å². The van der Waals surface area contributed by atoms with E-state index in [4.69, 9.17) is 23.2 Å². The molecule has 0 saturated carbocycles. The van der Waals surface area contributed by atoms with E-state index in [2.05, 4.69) is 23.4 Å². The minimum Gasteiger partial charge on any atom is -0.313 e. The van der Waals surface area contributed by atoms with Crippen molar-refractivity contribution in [3.63, 3.8) is 0 Å². The van der Waals surface area contributed by atoms with E-state index in [1.165, 1.54) is 0 Å². The summed E-state index contributed by atoms with van der Waals surface area (Å²) in [5, 5.41) is 9.38. The first kappa shape index (κ1) is 16.3. The second-order valence-corrected chi connectivity index (χ2v) is 6.02. The average molecular weight is 326 g/mol. The third-order valence-electron chi connectivity index (χ3n) is 3.85. The van der Waals surface area contributed by atoms with E-state index in [9.17, 15) is 0 Å². The van der Waals surface area contributed by atoms with Crippen LogP contribution in [0, 0.1) is 6.92 Å². The molecule has 1 aromatic carbocycles. The second kappa shape index (κ2) is 6.82. The zero-order chi connectivity index (χ0) is 15.6. The highest BCUT2D eigenvalue weighted by Crippen LogP contribution is 2.28. The van der Waals surface area contributed by atoms with Gasteiger partial charge in [0.2, 0.25) is 0 Å². The Hall–Kier alpha value is -1.03. The van der Waals surface area contributed by atoms with Crippen molar-refractivity contribution in [2.75, 3.05) is 7.05 Å². The fourth-order valence-corrected chi connectivity index (χ4v) is 3.01. The summed E-state index contributed by atoms with van der Waals surface area (Å²) in [6.07, 6.45) is 1.62. The molecule has 1 N–H and O–H groups in total. The third kappa shape index (κ3) is 3.42. The van der Waals surface area contributed by atoms with E-state index in [1.807, 2.05) is 37.8 Å². The number of hydrogen-bond acceptors (Lipinski definition) is 2. The molecule has 2 rings (SSSR count). The topological polar surface area (TPSA) is 29.9 Å². The maximum atomic E-state index is 6.44. The molecule has 1 heterocycles. The number of nitrogens with zero attached hydrogens (tertiary/aromatic N) is 2. The van der Waals surface area contributed by atoms with Crippen LogP contribution in [0.15, 0.2) is 18.2 Å². The Labute approximate surface area is 136 Å². The number of hydrogen-bond donors (Lipinski definition) is 1. The lowest BCUT2D eigenvalue weighted by Crippen LogP contribution is -2.20. The van der Waals surface area contributed by atoms with Gasteiger partial charge >= 0.3 is 0 Å². The van der Waals surface area contributed by atoms with Crippen LogP contribution in [-0.2, 0) is 19.9 Å². The van der Waals surface area contributed by atoms with Crippen LogP contribution in [0.2, 0.25) is 10.0 Å².